The third-order valence-electron chi connectivity index (χ3n) is 5.50. The normalized spacial score (nSPS) is 20.2. The van der Waals surface area contributed by atoms with Crippen LogP contribution in [0.2, 0.25) is 0 Å². The molecule has 6 nitrogen and oxygen atoms in total. The van der Waals surface area contributed by atoms with Crippen molar-refractivity contribution in [3.05, 3.63) is 34.2 Å². The van der Waals surface area contributed by atoms with Gasteiger partial charge in [-0.1, -0.05) is 6.07 Å². The van der Waals surface area contributed by atoms with Gasteiger partial charge in [0, 0.05) is 30.1 Å². The third-order valence-corrected chi connectivity index (χ3v) is 6.64. The average molecular weight is 379 g/mol. The van der Waals surface area contributed by atoms with Gasteiger partial charge in [-0.05, 0) is 63.7 Å². The summed E-state index contributed by atoms with van der Waals surface area (Å²) in [5, 5.41) is 4.11. The van der Waals surface area contributed by atoms with Crippen LogP contribution in [0, 0.1) is 0 Å². The number of amides is 1. The van der Waals surface area contributed by atoms with Gasteiger partial charge < -0.3 is 15.2 Å². The van der Waals surface area contributed by atoms with Crippen molar-refractivity contribution in [2.75, 3.05) is 39.0 Å². The van der Waals surface area contributed by atoms with E-state index in [1.54, 1.807) is 6.20 Å². The predicted molar refractivity (Wildman–Crippen MR) is 106 cm³/mol. The topological polar surface area (TPSA) is 68.4 Å². The second-order valence-electron chi connectivity index (χ2n) is 7.28. The maximum absolute atomic E-state index is 13.1. The minimum Gasteiger partial charge on any atom is -0.334 e. The van der Waals surface area contributed by atoms with Crippen LogP contribution in [0.1, 0.15) is 31.2 Å². The molecule has 1 aromatic rings. The lowest BCUT2D eigenvalue weighted by molar-refractivity contribution is -0.136. The zero-order valence-electron chi connectivity index (χ0n) is 15.6. The summed E-state index contributed by atoms with van der Waals surface area (Å²) in [7, 11) is 0. The van der Waals surface area contributed by atoms with Gasteiger partial charge in [0.2, 0.25) is 11.5 Å². The monoisotopic (exact) mass is 378 g/mol. The highest BCUT2D eigenvalue weighted by molar-refractivity contribution is 7.99. The number of rotatable bonds is 6. The van der Waals surface area contributed by atoms with E-state index in [4.69, 9.17) is 0 Å². The van der Waals surface area contributed by atoms with Crippen LogP contribution in [0.15, 0.2) is 23.1 Å². The van der Waals surface area contributed by atoms with E-state index in [1.165, 1.54) is 18.9 Å². The standard InChI is InChI=1S/C19H30N4O2S/c1-26-17-6-10-22(11-7-17)14-19(25)23(16-4-8-20-9-5-16)13-15-2-3-18(24)21-12-15/h2-3,12,16-17,20H,4-11,13-14H2,1H3,(H,21,24). The number of aromatic nitrogens is 1. The zero-order valence-corrected chi connectivity index (χ0v) is 16.4. The van der Waals surface area contributed by atoms with E-state index in [0.717, 1.165) is 49.8 Å². The first-order chi connectivity index (χ1) is 12.7. The molecular weight excluding hydrogens is 348 g/mol. The van der Waals surface area contributed by atoms with Crippen LogP contribution in [0.25, 0.3) is 0 Å². The molecule has 7 heteroatoms. The number of carbonyl (C=O) groups excluding carboxylic acids is 1. The Labute approximate surface area is 159 Å². The summed E-state index contributed by atoms with van der Waals surface area (Å²) in [5.41, 5.74) is 0.878. The predicted octanol–water partition coefficient (Wildman–Crippen LogP) is 1.28. The zero-order chi connectivity index (χ0) is 18.4. The Kier molecular flexibility index (Phi) is 7.16. The summed E-state index contributed by atoms with van der Waals surface area (Å²) in [4.78, 5) is 31.5. The van der Waals surface area contributed by atoms with Gasteiger partial charge in [0.05, 0.1) is 6.54 Å². The summed E-state index contributed by atoms with van der Waals surface area (Å²) in [6.07, 6.45) is 8.22. The smallest absolute Gasteiger partial charge is 0.247 e. The van der Waals surface area contributed by atoms with Crippen LogP contribution < -0.4 is 10.9 Å². The third kappa shape index (κ3) is 5.34. The van der Waals surface area contributed by atoms with Crippen LogP contribution in [-0.4, -0.2) is 71.0 Å². The molecule has 3 heterocycles. The van der Waals surface area contributed by atoms with Gasteiger partial charge in [-0.2, -0.15) is 11.8 Å². The van der Waals surface area contributed by atoms with E-state index in [1.807, 2.05) is 22.7 Å². The number of aromatic amines is 1. The average Bonchev–Trinajstić information content (AvgIpc) is 2.68. The van der Waals surface area contributed by atoms with E-state index >= 15 is 0 Å². The summed E-state index contributed by atoms with van der Waals surface area (Å²) >= 11 is 1.94. The van der Waals surface area contributed by atoms with Crippen molar-refractivity contribution in [1.82, 2.24) is 20.1 Å². The highest BCUT2D eigenvalue weighted by Crippen LogP contribution is 2.22. The van der Waals surface area contributed by atoms with Crippen LogP contribution >= 0.6 is 11.8 Å². The Morgan fingerprint density at radius 3 is 2.58 bits per heavy atom. The van der Waals surface area contributed by atoms with Crippen molar-refractivity contribution in [3.8, 4) is 0 Å². The number of nitrogens with one attached hydrogen (secondary N) is 2. The maximum Gasteiger partial charge on any atom is 0.247 e. The van der Waals surface area contributed by atoms with Gasteiger partial charge in [0.25, 0.3) is 0 Å². The lowest BCUT2D eigenvalue weighted by atomic mass is 10.0. The van der Waals surface area contributed by atoms with Crippen molar-refractivity contribution in [1.29, 1.82) is 0 Å². The van der Waals surface area contributed by atoms with Crippen LogP contribution in [-0.2, 0) is 11.3 Å². The van der Waals surface area contributed by atoms with Crippen molar-refractivity contribution in [2.45, 2.75) is 43.5 Å². The quantitative estimate of drug-likeness (QED) is 0.781. The van der Waals surface area contributed by atoms with E-state index in [-0.39, 0.29) is 17.5 Å². The number of thioether (sulfide) groups is 1. The van der Waals surface area contributed by atoms with Gasteiger partial charge in [0.1, 0.15) is 0 Å². The number of carbonyl (C=O) groups is 1. The second kappa shape index (κ2) is 9.58. The van der Waals surface area contributed by atoms with Gasteiger partial charge in [-0.15, -0.1) is 0 Å². The first kappa shape index (κ1) is 19.5. The summed E-state index contributed by atoms with van der Waals surface area (Å²) in [5.74, 6) is 0.214. The molecule has 2 fully saturated rings. The number of piperidine rings is 2. The molecule has 0 bridgehead atoms. The molecule has 2 N–H and O–H groups in total. The van der Waals surface area contributed by atoms with Gasteiger partial charge in [-0.3, -0.25) is 14.5 Å². The summed E-state index contributed by atoms with van der Waals surface area (Å²) in [6.45, 7) is 5.01. The molecule has 0 atom stereocenters. The molecule has 0 spiro atoms. The molecule has 0 unspecified atom stereocenters. The molecule has 2 saturated heterocycles. The first-order valence-electron chi connectivity index (χ1n) is 9.58. The summed E-state index contributed by atoms with van der Waals surface area (Å²) in [6, 6.07) is 3.64. The van der Waals surface area contributed by atoms with E-state index in [0.29, 0.717) is 13.1 Å². The largest absolute Gasteiger partial charge is 0.334 e. The maximum atomic E-state index is 13.1. The number of hydrogen-bond donors (Lipinski definition) is 2. The van der Waals surface area contributed by atoms with Crippen LogP contribution in [0.4, 0.5) is 0 Å². The number of nitrogens with zero attached hydrogens (tertiary/aromatic N) is 2. The molecule has 2 aliphatic heterocycles. The van der Waals surface area contributed by atoms with Gasteiger partial charge in [-0.25, -0.2) is 0 Å². The molecular formula is C19H30N4O2S. The Morgan fingerprint density at radius 2 is 1.96 bits per heavy atom. The highest BCUT2D eigenvalue weighted by Gasteiger charge is 2.28. The molecule has 0 aromatic carbocycles. The lowest BCUT2D eigenvalue weighted by Gasteiger charge is -2.37. The molecule has 0 aliphatic carbocycles. The number of H-pyrrole nitrogens is 1. The fourth-order valence-electron chi connectivity index (χ4n) is 3.86. The molecule has 144 valence electrons. The first-order valence-corrected chi connectivity index (χ1v) is 10.9. The minimum atomic E-state index is -0.106. The molecule has 1 aromatic heterocycles. The van der Waals surface area contributed by atoms with Gasteiger partial charge in [0.15, 0.2) is 0 Å². The van der Waals surface area contributed by atoms with Crippen LogP contribution in [0.3, 0.4) is 0 Å². The number of hydrogen-bond acceptors (Lipinski definition) is 5. The minimum absolute atomic E-state index is 0.106. The van der Waals surface area contributed by atoms with Crippen molar-refractivity contribution in [3.63, 3.8) is 0 Å². The molecule has 3 rings (SSSR count). The molecule has 0 radical (unpaired) electrons. The van der Waals surface area contributed by atoms with E-state index in [9.17, 15) is 9.59 Å². The fraction of sp³-hybridized carbons (Fsp3) is 0.684. The van der Waals surface area contributed by atoms with E-state index < -0.39 is 0 Å². The second-order valence-corrected chi connectivity index (χ2v) is 8.41. The Balaban J connectivity index is 1.64. The molecule has 0 saturated carbocycles. The highest BCUT2D eigenvalue weighted by atomic mass is 32.2. The van der Waals surface area contributed by atoms with E-state index in [2.05, 4.69) is 21.5 Å². The number of pyridine rings is 1. The van der Waals surface area contributed by atoms with Crippen molar-refractivity contribution < 1.29 is 4.79 Å². The number of likely N-dealkylation sites (tertiary alicyclic amines) is 1. The van der Waals surface area contributed by atoms with Crippen LogP contribution in [0.5, 0.6) is 0 Å². The SMILES string of the molecule is CSC1CCN(CC(=O)N(Cc2ccc(=O)[nH]c2)C2CCNCC2)CC1. The Bertz CT molecular complexity index is 616. The summed E-state index contributed by atoms with van der Waals surface area (Å²) < 4.78 is 0. The van der Waals surface area contributed by atoms with Crippen molar-refractivity contribution in [2.24, 2.45) is 0 Å². The van der Waals surface area contributed by atoms with Gasteiger partial charge >= 0.3 is 0 Å². The van der Waals surface area contributed by atoms with Crippen molar-refractivity contribution >= 4 is 17.7 Å². The molecule has 26 heavy (non-hydrogen) atoms. The molecule has 2 aliphatic rings. The fourth-order valence-corrected chi connectivity index (χ4v) is 4.54. The molecule has 1 amide bonds. The Hall–Kier alpha value is -1.31. The lowest BCUT2D eigenvalue weighted by Crippen LogP contribution is -2.50. The Morgan fingerprint density at radius 1 is 1.23 bits per heavy atom.